The Kier molecular flexibility index (Phi) is 8.85. The van der Waals surface area contributed by atoms with Gasteiger partial charge in [0.1, 0.15) is 18.2 Å². The number of cyclic esters (lactones) is 1. The smallest absolute Gasteiger partial charge is 0.306 e. The lowest BCUT2D eigenvalue weighted by atomic mass is 9.74. The third-order valence-electron chi connectivity index (χ3n) is 9.80. The van der Waals surface area contributed by atoms with Gasteiger partial charge in [-0.15, -0.1) is 0 Å². The van der Waals surface area contributed by atoms with Gasteiger partial charge in [-0.2, -0.15) is 0 Å². The molecule has 2 aromatic rings. The Morgan fingerprint density at radius 1 is 1.00 bits per heavy atom. The molecule has 242 valence electrons. The fraction of sp³-hybridized carbons (Fsp3) is 0.444. The molecule has 46 heavy (non-hydrogen) atoms. The summed E-state index contributed by atoms with van der Waals surface area (Å²) in [4.78, 5) is 59.6. The SMILES string of the molecule is CC[C@@H](CO)N1C(=O)[C@H]2[C@@H]3C(=O)N[C@H](c4ccccc4)COC(=O)CC/C=C\CN(c4c(C)cccc4C)C(=O)[C@H]1[C@@]21C=C[C@@H]3O1. The van der Waals surface area contributed by atoms with E-state index in [0.29, 0.717) is 12.8 Å². The lowest BCUT2D eigenvalue weighted by Gasteiger charge is -2.39. The second-order valence-corrected chi connectivity index (χ2v) is 12.5. The molecule has 5 bridgehead atoms. The number of carbonyl (C=O) groups excluding carboxylic acids is 4. The lowest BCUT2D eigenvalue weighted by Crippen LogP contribution is -2.58. The summed E-state index contributed by atoms with van der Waals surface area (Å²) in [5.74, 6) is -3.50. The molecule has 2 N–H and O–H groups in total. The van der Waals surface area contributed by atoms with E-state index in [9.17, 15) is 19.5 Å². The number of hydrogen-bond acceptors (Lipinski definition) is 7. The molecule has 0 unspecified atom stereocenters. The number of para-hydroxylation sites is 1. The number of hydrogen-bond donors (Lipinski definition) is 2. The van der Waals surface area contributed by atoms with Gasteiger partial charge in [0.15, 0.2) is 0 Å². The van der Waals surface area contributed by atoms with Crippen LogP contribution >= 0.6 is 0 Å². The summed E-state index contributed by atoms with van der Waals surface area (Å²) >= 11 is 0. The van der Waals surface area contributed by atoms with E-state index in [4.69, 9.17) is 9.47 Å². The average Bonchev–Trinajstić information content (AvgIpc) is 3.70. The number of amides is 3. The number of nitrogens with zero attached hydrogens (tertiary/aromatic N) is 2. The van der Waals surface area contributed by atoms with E-state index in [1.54, 1.807) is 17.1 Å². The van der Waals surface area contributed by atoms with Gasteiger partial charge < -0.3 is 29.7 Å². The van der Waals surface area contributed by atoms with E-state index in [1.807, 2.05) is 81.5 Å². The topological polar surface area (TPSA) is 125 Å². The number of fused-ring (bicyclic) bond motifs is 2. The molecule has 10 nitrogen and oxygen atoms in total. The molecule has 0 radical (unpaired) electrons. The van der Waals surface area contributed by atoms with Crippen LogP contribution in [0.3, 0.4) is 0 Å². The van der Waals surface area contributed by atoms with Gasteiger partial charge >= 0.3 is 5.97 Å². The second-order valence-electron chi connectivity index (χ2n) is 12.5. The van der Waals surface area contributed by atoms with E-state index < -0.39 is 59.5 Å². The molecule has 2 saturated heterocycles. The highest BCUT2D eigenvalue weighted by Crippen LogP contribution is 2.56. The molecule has 0 aliphatic carbocycles. The van der Waals surface area contributed by atoms with Crippen molar-refractivity contribution in [3.8, 4) is 0 Å². The van der Waals surface area contributed by atoms with Gasteiger partial charge in [0, 0.05) is 18.7 Å². The lowest BCUT2D eigenvalue weighted by molar-refractivity contribution is -0.146. The number of aliphatic hydroxyl groups is 1. The van der Waals surface area contributed by atoms with Gasteiger partial charge in [-0.1, -0.05) is 79.8 Å². The number of aliphatic hydroxyl groups excluding tert-OH is 1. The quantitative estimate of drug-likeness (QED) is 0.385. The van der Waals surface area contributed by atoms with Crippen LogP contribution in [0.1, 0.15) is 48.9 Å². The Labute approximate surface area is 269 Å². The largest absolute Gasteiger partial charge is 0.463 e. The van der Waals surface area contributed by atoms with Crippen LogP contribution in [0.2, 0.25) is 0 Å². The van der Waals surface area contributed by atoms with Crippen molar-refractivity contribution in [3.63, 3.8) is 0 Å². The van der Waals surface area contributed by atoms with Crippen LogP contribution in [0.25, 0.3) is 0 Å². The summed E-state index contributed by atoms with van der Waals surface area (Å²) in [5, 5.41) is 13.5. The van der Waals surface area contributed by atoms with Crippen molar-refractivity contribution in [2.75, 3.05) is 24.7 Å². The van der Waals surface area contributed by atoms with E-state index in [1.165, 1.54) is 4.90 Å². The predicted octanol–water partition coefficient (Wildman–Crippen LogP) is 3.31. The van der Waals surface area contributed by atoms with Crippen molar-refractivity contribution in [3.05, 3.63) is 89.5 Å². The molecule has 7 atom stereocenters. The monoisotopic (exact) mass is 627 g/mol. The summed E-state index contributed by atoms with van der Waals surface area (Å²) in [6.45, 7) is 5.48. The van der Waals surface area contributed by atoms with Gasteiger partial charge in [0.25, 0.3) is 5.91 Å². The van der Waals surface area contributed by atoms with Crippen molar-refractivity contribution >= 4 is 29.4 Å². The third kappa shape index (κ3) is 5.33. The summed E-state index contributed by atoms with van der Waals surface area (Å²) < 4.78 is 12.2. The van der Waals surface area contributed by atoms with Crippen LogP contribution in [-0.2, 0) is 28.7 Å². The number of allylic oxidation sites excluding steroid dienone is 1. The normalized spacial score (nSPS) is 31.1. The Morgan fingerprint density at radius 2 is 1.74 bits per heavy atom. The van der Waals surface area contributed by atoms with Crippen LogP contribution in [0.5, 0.6) is 0 Å². The van der Waals surface area contributed by atoms with Gasteiger partial charge in [-0.05, 0) is 43.4 Å². The first kappa shape index (κ1) is 31.7. The van der Waals surface area contributed by atoms with E-state index in [0.717, 1.165) is 22.4 Å². The van der Waals surface area contributed by atoms with E-state index >= 15 is 4.79 Å². The van der Waals surface area contributed by atoms with Crippen molar-refractivity contribution in [2.45, 2.75) is 69.9 Å². The number of anilines is 1. The molecule has 2 aromatic carbocycles. The number of likely N-dealkylation sites (tertiary alicyclic amines) is 1. The first-order chi connectivity index (χ1) is 22.2. The summed E-state index contributed by atoms with van der Waals surface area (Å²) in [5.41, 5.74) is 1.83. The Hall–Kier alpha value is -4.28. The first-order valence-corrected chi connectivity index (χ1v) is 16.1. The Morgan fingerprint density at radius 3 is 2.43 bits per heavy atom. The number of carbonyl (C=O) groups is 4. The molecular weight excluding hydrogens is 586 g/mol. The van der Waals surface area contributed by atoms with Gasteiger partial charge in [0.05, 0.1) is 36.6 Å². The van der Waals surface area contributed by atoms with Gasteiger partial charge in [-0.25, -0.2) is 0 Å². The van der Waals surface area contributed by atoms with Crippen LogP contribution in [0.4, 0.5) is 5.69 Å². The summed E-state index contributed by atoms with van der Waals surface area (Å²) in [7, 11) is 0. The number of nitrogens with one attached hydrogen (secondary N) is 1. The highest BCUT2D eigenvalue weighted by atomic mass is 16.5. The highest BCUT2D eigenvalue weighted by molar-refractivity contribution is 6.06. The third-order valence-corrected chi connectivity index (χ3v) is 9.80. The molecule has 0 aromatic heterocycles. The van der Waals surface area contributed by atoms with Crippen molar-refractivity contribution in [1.29, 1.82) is 0 Å². The molecule has 6 rings (SSSR count). The average molecular weight is 628 g/mol. The molecule has 2 fully saturated rings. The summed E-state index contributed by atoms with van der Waals surface area (Å²) in [6.07, 6.45) is 7.45. The molecule has 1 spiro atoms. The fourth-order valence-corrected chi connectivity index (χ4v) is 7.59. The number of esters is 1. The van der Waals surface area contributed by atoms with Crippen LogP contribution in [0, 0.1) is 25.7 Å². The standard InChI is InChI=1S/C36H41N3O7/c1-4-25(20-40)39-32-35(44)38(31-22(2)12-11-13-23(31)3)19-10-6-9-16-28(41)45-21-26(24-14-7-5-8-15-24)37-33(42)29-27-17-18-36(32,46-27)30(29)34(39)43/h5-8,10-15,17-18,25-27,29-30,32,40H,4,9,16,19-21H2,1-3H3,(H,37,42)/b10-6-/t25-,26-,27-,29+,30+,32-,36+/m0/s1. The Balaban J connectivity index is 1.47. The molecule has 4 aliphatic heterocycles. The minimum absolute atomic E-state index is 0.0772. The van der Waals surface area contributed by atoms with E-state index in [2.05, 4.69) is 5.32 Å². The first-order valence-electron chi connectivity index (χ1n) is 16.1. The van der Waals surface area contributed by atoms with Crippen molar-refractivity contribution in [1.82, 2.24) is 10.2 Å². The molecule has 10 heteroatoms. The minimum Gasteiger partial charge on any atom is -0.463 e. The number of rotatable bonds is 5. The van der Waals surface area contributed by atoms with Gasteiger partial charge in [0.2, 0.25) is 11.8 Å². The van der Waals surface area contributed by atoms with Crippen LogP contribution in [-0.4, -0.2) is 77.2 Å². The summed E-state index contributed by atoms with van der Waals surface area (Å²) in [6, 6.07) is 12.6. The number of ether oxygens (including phenoxy) is 2. The zero-order valence-electron chi connectivity index (χ0n) is 26.4. The van der Waals surface area contributed by atoms with Gasteiger partial charge in [-0.3, -0.25) is 19.2 Å². The van der Waals surface area contributed by atoms with Crippen molar-refractivity contribution < 1.29 is 33.8 Å². The predicted molar refractivity (Wildman–Crippen MR) is 170 cm³/mol. The molecular formula is C36H41N3O7. The fourth-order valence-electron chi connectivity index (χ4n) is 7.59. The zero-order chi connectivity index (χ0) is 32.6. The molecule has 3 amide bonds. The maximum atomic E-state index is 15.0. The minimum atomic E-state index is -1.40. The molecule has 4 aliphatic rings. The number of aryl methyl sites for hydroxylation is 2. The highest BCUT2D eigenvalue weighted by Gasteiger charge is 2.73. The number of benzene rings is 2. The van der Waals surface area contributed by atoms with E-state index in [-0.39, 0.29) is 32.1 Å². The second kappa shape index (κ2) is 12.8. The maximum Gasteiger partial charge on any atom is 0.306 e. The Bertz CT molecular complexity index is 1550. The maximum absolute atomic E-state index is 15.0. The zero-order valence-corrected chi connectivity index (χ0v) is 26.4. The van der Waals surface area contributed by atoms with Crippen LogP contribution < -0.4 is 10.2 Å². The molecule has 4 heterocycles. The molecule has 0 saturated carbocycles. The van der Waals surface area contributed by atoms with Crippen LogP contribution in [0.15, 0.2) is 72.8 Å². The van der Waals surface area contributed by atoms with Crippen molar-refractivity contribution in [2.24, 2.45) is 11.8 Å².